The van der Waals surface area contributed by atoms with Gasteiger partial charge in [0, 0.05) is 30.4 Å². The molecule has 0 aromatic carbocycles. The first-order chi connectivity index (χ1) is 14.0. The van der Waals surface area contributed by atoms with Crippen molar-refractivity contribution >= 4 is 21.3 Å². The van der Waals surface area contributed by atoms with Gasteiger partial charge in [0.25, 0.3) is 0 Å². The van der Waals surface area contributed by atoms with Crippen LogP contribution in [-0.2, 0) is 9.84 Å². The van der Waals surface area contributed by atoms with Crippen molar-refractivity contribution in [2.75, 3.05) is 6.26 Å². The van der Waals surface area contributed by atoms with Crippen molar-refractivity contribution in [3.8, 4) is 22.6 Å². The highest BCUT2D eigenvalue weighted by atomic mass is 32.2. The summed E-state index contributed by atoms with van der Waals surface area (Å²) in [4.78, 5) is 8.83. The fourth-order valence-electron chi connectivity index (χ4n) is 3.62. The van der Waals surface area contributed by atoms with Crippen LogP contribution in [0.25, 0.3) is 34.1 Å². The van der Waals surface area contributed by atoms with E-state index in [0.717, 1.165) is 29.8 Å². The lowest BCUT2D eigenvalue weighted by molar-refractivity contribution is 0.595. The molecule has 1 saturated carbocycles. The first-order valence-corrected chi connectivity index (χ1v) is 11.1. The standard InChI is InChI=1S/C19H16N6O3S/c1-29(26,27)16-10-20-15-5-2-12(11-24(15)16)18-17(21-19-23(18)8-9-28-19)14-6-7-25(22-14)13-3-4-13/h2,5-11,13H,3-4H2,1H3. The maximum Gasteiger partial charge on any atom is 0.306 e. The minimum absolute atomic E-state index is 0.141. The molecule has 9 nitrogen and oxygen atoms in total. The van der Waals surface area contributed by atoms with Crippen molar-refractivity contribution < 1.29 is 12.8 Å². The molecular weight excluding hydrogens is 392 g/mol. The Morgan fingerprint density at radius 3 is 2.79 bits per heavy atom. The van der Waals surface area contributed by atoms with Crippen LogP contribution in [0.3, 0.4) is 0 Å². The Hall–Kier alpha value is -3.40. The largest absolute Gasteiger partial charge is 0.432 e. The monoisotopic (exact) mass is 408 g/mol. The number of fused-ring (bicyclic) bond motifs is 2. The third-order valence-electron chi connectivity index (χ3n) is 5.16. The fraction of sp³-hybridized carbons (Fsp3) is 0.211. The molecule has 0 amide bonds. The Morgan fingerprint density at radius 2 is 2.00 bits per heavy atom. The van der Waals surface area contributed by atoms with Crippen molar-refractivity contribution in [1.82, 2.24) is 28.5 Å². The summed E-state index contributed by atoms with van der Waals surface area (Å²) < 4.78 is 35.2. The molecule has 6 rings (SSSR count). The Labute approximate surface area is 165 Å². The predicted octanol–water partition coefficient (Wildman–Crippen LogP) is 2.84. The van der Waals surface area contributed by atoms with Crippen LogP contribution in [0.4, 0.5) is 0 Å². The van der Waals surface area contributed by atoms with Gasteiger partial charge in [-0.3, -0.25) is 13.5 Å². The number of nitrogens with zero attached hydrogens (tertiary/aromatic N) is 6. The van der Waals surface area contributed by atoms with E-state index in [2.05, 4.69) is 9.97 Å². The molecule has 0 bridgehead atoms. The summed E-state index contributed by atoms with van der Waals surface area (Å²) in [5.41, 5.74) is 3.56. The summed E-state index contributed by atoms with van der Waals surface area (Å²) in [5, 5.41) is 4.84. The summed E-state index contributed by atoms with van der Waals surface area (Å²) in [7, 11) is -3.42. The van der Waals surface area contributed by atoms with Crippen LogP contribution in [0.2, 0.25) is 0 Å². The summed E-state index contributed by atoms with van der Waals surface area (Å²) in [5.74, 6) is 0.449. The van der Waals surface area contributed by atoms with Crippen LogP contribution in [0.5, 0.6) is 0 Å². The van der Waals surface area contributed by atoms with E-state index in [9.17, 15) is 8.42 Å². The molecule has 0 saturated heterocycles. The molecular formula is C19H16N6O3S. The number of rotatable bonds is 4. The average Bonchev–Trinajstić information content (AvgIpc) is 3.08. The maximum atomic E-state index is 12.1. The minimum Gasteiger partial charge on any atom is -0.432 e. The maximum absolute atomic E-state index is 12.1. The molecule has 10 heteroatoms. The summed E-state index contributed by atoms with van der Waals surface area (Å²) >= 11 is 0. The second-order valence-electron chi connectivity index (χ2n) is 7.29. The normalized spacial score (nSPS) is 14.9. The van der Waals surface area contributed by atoms with E-state index >= 15 is 0 Å². The van der Waals surface area contributed by atoms with E-state index in [1.807, 2.05) is 27.4 Å². The SMILES string of the molecule is CS(=O)(=O)c1cnc2ccc(-c3c(-c4ccn(C5CC5)n4)nc4occn34)cn12. The Bertz CT molecular complexity index is 1500. The van der Waals surface area contributed by atoms with Crippen LogP contribution < -0.4 is 0 Å². The number of sulfone groups is 1. The molecule has 0 unspecified atom stereocenters. The number of hydrogen-bond acceptors (Lipinski definition) is 6. The third-order valence-corrected chi connectivity index (χ3v) is 6.22. The highest BCUT2D eigenvalue weighted by molar-refractivity contribution is 7.90. The Kier molecular flexibility index (Phi) is 3.18. The lowest BCUT2D eigenvalue weighted by atomic mass is 10.1. The van der Waals surface area contributed by atoms with Crippen molar-refractivity contribution in [3.63, 3.8) is 0 Å². The molecule has 5 heterocycles. The smallest absolute Gasteiger partial charge is 0.306 e. The van der Waals surface area contributed by atoms with Gasteiger partial charge in [-0.25, -0.2) is 13.4 Å². The first kappa shape index (κ1) is 16.5. The Morgan fingerprint density at radius 1 is 1.14 bits per heavy atom. The van der Waals surface area contributed by atoms with Crippen molar-refractivity contribution in [1.29, 1.82) is 0 Å². The van der Waals surface area contributed by atoms with Gasteiger partial charge in [-0.05, 0) is 31.0 Å². The lowest BCUT2D eigenvalue weighted by Gasteiger charge is -2.06. The first-order valence-electron chi connectivity index (χ1n) is 9.18. The molecule has 1 aliphatic rings. The zero-order valence-electron chi connectivity index (χ0n) is 15.4. The number of aromatic nitrogens is 6. The van der Waals surface area contributed by atoms with Crippen LogP contribution in [0, 0.1) is 0 Å². The van der Waals surface area contributed by atoms with Crippen LogP contribution >= 0.6 is 0 Å². The number of imidazole rings is 2. The molecule has 5 aromatic rings. The van der Waals surface area contributed by atoms with Gasteiger partial charge in [0.05, 0.1) is 17.9 Å². The van der Waals surface area contributed by atoms with Crippen molar-refractivity contribution in [2.45, 2.75) is 23.9 Å². The summed E-state index contributed by atoms with van der Waals surface area (Å²) in [6.07, 6.45) is 11.9. The number of hydrogen-bond donors (Lipinski definition) is 0. The molecule has 29 heavy (non-hydrogen) atoms. The van der Waals surface area contributed by atoms with E-state index in [1.54, 1.807) is 29.1 Å². The van der Waals surface area contributed by atoms with E-state index in [1.165, 1.54) is 12.5 Å². The molecule has 0 aliphatic heterocycles. The van der Waals surface area contributed by atoms with Gasteiger partial charge in [0.2, 0.25) is 0 Å². The van der Waals surface area contributed by atoms with Crippen LogP contribution in [-0.4, -0.2) is 43.2 Å². The zero-order chi connectivity index (χ0) is 19.8. The van der Waals surface area contributed by atoms with Gasteiger partial charge in [-0.15, -0.1) is 0 Å². The molecule has 0 spiro atoms. The van der Waals surface area contributed by atoms with Gasteiger partial charge >= 0.3 is 5.84 Å². The van der Waals surface area contributed by atoms with E-state index in [-0.39, 0.29) is 5.03 Å². The van der Waals surface area contributed by atoms with E-state index < -0.39 is 9.84 Å². The number of oxazole rings is 1. The average molecular weight is 408 g/mol. The van der Waals surface area contributed by atoms with Gasteiger partial charge in [-0.2, -0.15) is 10.1 Å². The van der Waals surface area contributed by atoms with E-state index in [4.69, 9.17) is 9.52 Å². The second kappa shape index (κ2) is 5.57. The molecule has 0 N–H and O–H groups in total. The minimum atomic E-state index is -3.42. The van der Waals surface area contributed by atoms with Crippen molar-refractivity contribution in [2.24, 2.45) is 0 Å². The van der Waals surface area contributed by atoms with Gasteiger partial charge in [0.15, 0.2) is 14.9 Å². The van der Waals surface area contributed by atoms with Gasteiger partial charge in [0.1, 0.15) is 23.3 Å². The second-order valence-corrected chi connectivity index (χ2v) is 9.25. The Balaban J connectivity index is 1.59. The van der Waals surface area contributed by atoms with Crippen molar-refractivity contribution in [3.05, 3.63) is 49.2 Å². The van der Waals surface area contributed by atoms with Crippen LogP contribution in [0.1, 0.15) is 18.9 Å². The lowest BCUT2D eigenvalue weighted by Crippen LogP contribution is -2.02. The molecule has 1 fully saturated rings. The van der Waals surface area contributed by atoms with Gasteiger partial charge < -0.3 is 4.42 Å². The van der Waals surface area contributed by atoms with E-state index in [0.29, 0.717) is 23.2 Å². The third kappa shape index (κ3) is 2.52. The topological polar surface area (TPSA) is 99.7 Å². The zero-order valence-corrected chi connectivity index (χ0v) is 16.2. The highest BCUT2D eigenvalue weighted by Crippen LogP contribution is 2.37. The molecule has 0 radical (unpaired) electrons. The molecule has 146 valence electrons. The van der Waals surface area contributed by atoms with Gasteiger partial charge in [-0.1, -0.05) is 0 Å². The molecule has 5 aromatic heterocycles. The molecule has 1 aliphatic carbocycles. The highest BCUT2D eigenvalue weighted by Gasteiger charge is 2.26. The quantitative estimate of drug-likeness (QED) is 0.453. The van der Waals surface area contributed by atoms with Crippen LogP contribution in [0.15, 0.2) is 58.7 Å². The predicted molar refractivity (Wildman–Crippen MR) is 104 cm³/mol. The number of pyridine rings is 1. The molecule has 0 atom stereocenters. The fourth-order valence-corrected chi connectivity index (χ4v) is 4.37. The summed E-state index contributed by atoms with van der Waals surface area (Å²) in [6.45, 7) is 0. The summed E-state index contributed by atoms with van der Waals surface area (Å²) in [6, 6.07) is 6.10.